The minimum absolute atomic E-state index is 0.166. The largest absolute Gasteiger partial charge is 0.573 e. The number of halogens is 4. The lowest BCUT2D eigenvalue weighted by Crippen LogP contribution is -2.25. The van der Waals surface area contributed by atoms with Gasteiger partial charge in [0.05, 0.1) is 29.7 Å². The number of hydrogen-bond acceptors (Lipinski definition) is 7. The minimum Gasteiger partial charge on any atom is -0.403 e. The second kappa shape index (κ2) is 7.76. The van der Waals surface area contributed by atoms with Crippen LogP contribution in [-0.2, 0) is 20.0 Å². The first-order valence-corrected chi connectivity index (χ1v) is 10.5. The van der Waals surface area contributed by atoms with Crippen molar-refractivity contribution < 1.29 is 22.3 Å². The van der Waals surface area contributed by atoms with Gasteiger partial charge in [0, 0.05) is 24.4 Å². The molecule has 0 unspecified atom stereocenters. The van der Waals surface area contributed by atoms with Crippen molar-refractivity contribution in [3.05, 3.63) is 62.9 Å². The highest BCUT2D eigenvalue weighted by Crippen LogP contribution is 2.32. The number of nitrogens with zero attached hydrogens (tertiary/aromatic N) is 6. The van der Waals surface area contributed by atoms with Crippen molar-refractivity contribution in [2.45, 2.75) is 19.3 Å². The van der Waals surface area contributed by atoms with Crippen LogP contribution in [0.3, 0.4) is 0 Å². The molecule has 1 aliphatic heterocycles. The van der Waals surface area contributed by atoms with E-state index in [1.54, 1.807) is 11.6 Å². The molecule has 8 nitrogen and oxygen atoms in total. The number of hydrogen-bond donors (Lipinski definition) is 0. The summed E-state index contributed by atoms with van der Waals surface area (Å²) >= 11 is 1.42. The number of alkyl halides is 3. The van der Waals surface area contributed by atoms with E-state index >= 15 is 0 Å². The van der Waals surface area contributed by atoms with Crippen LogP contribution in [-0.4, -0.2) is 32.2 Å². The smallest absolute Gasteiger partial charge is 0.403 e. The molecule has 0 fully saturated rings. The second-order valence-electron chi connectivity index (χ2n) is 7.26. The zero-order chi connectivity index (χ0) is 23.3. The predicted molar refractivity (Wildman–Crippen MR) is 112 cm³/mol. The van der Waals surface area contributed by atoms with Crippen LogP contribution >= 0.6 is 11.3 Å². The van der Waals surface area contributed by atoms with Gasteiger partial charge in [-0.3, -0.25) is 4.79 Å². The molecule has 0 N–H and O–H groups in total. The van der Waals surface area contributed by atoms with Crippen LogP contribution in [0.5, 0.6) is 5.75 Å². The van der Waals surface area contributed by atoms with Gasteiger partial charge in [-0.25, -0.2) is 14.1 Å². The lowest BCUT2D eigenvalue weighted by molar-refractivity contribution is -0.275. The van der Waals surface area contributed by atoms with E-state index in [1.165, 1.54) is 29.7 Å². The van der Waals surface area contributed by atoms with Crippen LogP contribution in [0.4, 0.5) is 17.6 Å². The monoisotopic (exact) mass is 478 g/mol. The van der Waals surface area contributed by atoms with Gasteiger partial charge in [-0.15, -0.1) is 24.5 Å². The molecule has 0 saturated heterocycles. The number of aryl methyl sites for hydroxylation is 1. The van der Waals surface area contributed by atoms with Gasteiger partial charge in [0.2, 0.25) is 0 Å². The Balaban J connectivity index is 1.51. The van der Waals surface area contributed by atoms with Crippen LogP contribution in [0.15, 0.2) is 51.2 Å². The third-order valence-corrected chi connectivity index (χ3v) is 6.18. The molecule has 5 rings (SSSR count). The highest BCUT2D eigenvalue weighted by Gasteiger charge is 2.32. The molecule has 0 radical (unpaired) electrons. The summed E-state index contributed by atoms with van der Waals surface area (Å²) < 4.78 is 59.2. The Kier molecular flexibility index (Phi) is 5.00. The number of benzene rings is 1. The fourth-order valence-corrected chi connectivity index (χ4v) is 4.77. The van der Waals surface area contributed by atoms with Crippen molar-refractivity contribution in [3.63, 3.8) is 0 Å². The van der Waals surface area contributed by atoms with Gasteiger partial charge in [-0.1, -0.05) is 12.1 Å². The molecule has 0 amide bonds. The van der Waals surface area contributed by atoms with Gasteiger partial charge in [0.15, 0.2) is 17.2 Å². The summed E-state index contributed by atoms with van der Waals surface area (Å²) in [7, 11) is 1.69. The summed E-state index contributed by atoms with van der Waals surface area (Å²) in [5, 5.41) is 13.5. The standard InChI is InChI=1S/C20H14F4N6O2S/c1-29-16-12(17-18(29)27-14(33-17)7-11-5-6-25-28-11)8-26-30(19(16)31)9-10-3-2-4-13(15(10)21)32-20(22,23)24/h2-5,8H,6-7,9H2,1H3. The van der Waals surface area contributed by atoms with E-state index in [0.717, 1.165) is 26.2 Å². The second-order valence-corrected chi connectivity index (χ2v) is 8.35. The number of rotatable bonds is 5. The van der Waals surface area contributed by atoms with E-state index in [-0.39, 0.29) is 12.1 Å². The molecule has 0 atom stereocenters. The molecule has 13 heteroatoms. The molecule has 1 aromatic carbocycles. The Hall–Kier alpha value is -3.61. The molecule has 4 heterocycles. The first kappa shape index (κ1) is 21.2. The Bertz CT molecular complexity index is 1520. The Labute approximate surface area is 186 Å². The van der Waals surface area contributed by atoms with E-state index in [4.69, 9.17) is 0 Å². The SMILES string of the molecule is Cn1c2nc(CC3=CCN=N3)sc2c2cnn(Cc3cccc(OC(F)(F)F)c3F)c(=O)c21. The third kappa shape index (κ3) is 3.88. The molecule has 4 aromatic rings. The van der Waals surface area contributed by atoms with Gasteiger partial charge in [0.1, 0.15) is 10.5 Å². The van der Waals surface area contributed by atoms with Crippen molar-refractivity contribution in [1.82, 2.24) is 19.3 Å². The number of allylic oxidation sites excluding steroid dienone is 1. The molecular formula is C20H14F4N6O2S. The van der Waals surface area contributed by atoms with Gasteiger partial charge in [-0.05, 0) is 12.1 Å². The Morgan fingerprint density at radius 3 is 2.82 bits per heavy atom. The van der Waals surface area contributed by atoms with Crippen molar-refractivity contribution in [2.24, 2.45) is 17.3 Å². The van der Waals surface area contributed by atoms with Crippen LogP contribution in [0.2, 0.25) is 0 Å². The van der Waals surface area contributed by atoms with Crippen molar-refractivity contribution >= 4 is 32.6 Å². The maximum Gasteiger partial charge on any atom is 0.573 e. The fraction of sp³-hybridized carbons (Fsp3) is 0.250. The number of thiazole rings is 1. The molecule has 1 aliphatic rings. The number of azo groups is 1. The van der Waals surface area contributed by atoms with E-state index in [1.807, 2.05) is 6.08 Å². The number of aromatic nitrogens is 4. The fourth-order valence-electron chi connectivity index (χ4n) is 3.65. The first-order valence-electron chi connectivity index (χ1n) is 9.65. The van der Waals surface area contributed by atoms with Gasteiger partial charge in [0.25, 0.3) is 5.56 Å². The van der Waals surface area contributed by atoms with Crippen LogP contribution in [0, 0.1) is 5.82 Å². The van der Waals surface area contributed by atoms with Gasteiger partial charge in [-0.2, -0.15) is 15.3 Å². The van der Waals surface area contributed by atoms with Crippen LogP contribution < -0.4 is 10.3 Å². The molecule has 33 heavy (non-hydrogen) atoms. The molecular weight excluding hydrogens is 464 g/mol. The average molecular weight is 478 g/mol. The Morgan fingerprint density at radius 1 is 1.27 bits per heavy atom. The number of fused-ring (bicyclic) bond motifs is 3. The zero-order valence-electron chi connectivity index (χ0n) is 16.9. The van der Waals surface area contributed by atoms with Crippen molar-refractivity contribution in [2.75, 3.05) is 6.54 Å². The summed E-state index contributed by atoms with van der Waals surface area (Å²) in [4.78, 5) is 17.7. The summed E-state index contributed by atoms with van der Waals surface area (Å²) in [6, 6.07) is 3.35. The van der Waals surface area contributed by atoms with Gasteiger partial charge < -0.3 is 9.30 Å². The van der Waals surface area contributed by atoms with Crippen molar-refractivity contribution in [3.8, 4) is 5.75 Å². The zero-order valence-corrected chi connectivity index (χ0v) is 17.7. The third-order valence-electron chi connectivity index (χ3n) is 5.10. The summed E-state index contributed by atoms with van der Waals surface area (Å²) in [6.45, 7) is 0.185. The summed E-state index contributed by atoms with van der Waals surface area (Å²) in [5.74, 6) is -2.18. The van der Waals surface area contributed by atoms with E-state index in [0.29, 0.717) is 29.5 Å². The lowest BCUT2D eigenvalue weighted by Gasteiger charge is -2.12. The normalized spacial score (nSPS) is 13.9. The topological polar surface area (TPSA) is 86.7 Å². The molecule has 0 spiro atoms. The highest BCUT2D eigenvalue weighted by atomic mass is 32.1. The predicted octanol–water partition coefficient (Wildman–Crippen LogP) is 4.32. The highest BCUT2D eigenvalue weighted by molar-refractivity contribution is 7.19. The molecule has 170 valence electrons. The quantitative estimate of drug-likeness (QED) is 0.400. The molecule has 3 aromatic heterocycles. The van der Waals surface area contributed by atoms with E-state index in [9.17, 15) is 22.4 Å². The lowest BCUT2D eigenvalue weighted by atomic mass is 10.2. The molecule has 0 aliphatic carbocycles. The molecule has 0 saturated carbocycles. The van der Waals surface area contributed by atoms with Crippen LogP contribution in [0.1, 0.15) is 10.6 Å². The Morgan fingerprint density at radius 2 is 2.09 bits per heavy atom. The summed E-state index contributed by atoms with van der Waals surface area (Å²) in [5.41, 5.74) is 1.06. The van der Waals surface area contributed by atoms with Crippen LogP contribution in [0.25, 0.3) is 21.3 Å². The first-order chi connectivity index (χ1) is 15.7. The van der Waals surface area contributed by atoms with Crippen molar-refractivity contribution in [1.29, 1.82) is 0 Å². The maximum atomic E-state index is 14.5. The summed E-state index contributed by atoms with van der Waals surface area (Å²) in [6.07, 6.45) is -1.11. The average Bonchev–Trinajstić information content (AvgIpc) is 3.45. The number of ether oxygens (including phenoxy) is 1. The maximum absolute atomic E-state index is 14.5. The minimum atomic E-state index is -5.04. The van der Waals surface area contributed by atoms with Gasteiger partial charge >= 0.3 is 6.36 Å². The van der Waals surface area contributed by atoms with E-state index in [2.05, 4.69) is 25.0 Å². The van der Waals surface area contributed by atoms with E-state index < -0.39 is 23.5 Å². The molecule has 0 bridgehead atoms.